The second-order valence-corrected chi connectivity index (χ2v) is 5.52. The molecule has 1 saturated heterocycles. The molecule has 1 aromatic rings. The number of hydrogen-bond acceptors (Lipinski definition) is 4. The van der Waals surface area contributed by atoms with E-state index in [1.54, 1.807) is 6.07 Å². The molecule has 2 unspecified atom stereocenters. The van der Waals surface area contributed by atoms with Gasteiger partial charge in [-0.1, -0.05) is 6.07 Å². The van der Waals surface area contributed by atoms with Crippen molar-refractivity contribution in [2.75, 3.05) is 33.7 Å². The number of benzene rings is 1. The van der Waals surface area contributed by atoms with Gasteiger partial charge in [0.1, 0.15) is 5.82 Å². The minimum absolute atomic E-state index is 0.0675. The fourth-order valence-electron chi connectivity index (χ4n) is 2.78. The fourth-order valence-corrected chi connectivity index (χ4v) is 2.78. The Morgan fingerprint density at radius 1 is 1.32 bits per heavy atom. The summed E-state index contributed by atoms with van der Waals surface area (Å²) >= 11 is 0. The molecule has 2 atom stereocenters. The first-order chi connectivity index (χ1) is 9.01. The highest BCUT2D eigenvalue weighted by atomic mass is 19.1. The van der Waals surface area contributed by atoms with Gasteiger partial charge < -0.3 is 4.90 Å². The predicted octanol–water partition coefficient (Wildman–Crippen LogP) is 0.884. The van der Waals surface area contributed by atoms with Gasteiger partial charge in [0.25, 0.3) is 0 Å². The maximum Gasteiger partial charge on any atom is 0.123 e. The van der Waals surface area contributed by atoms with Gasteiger partial charge in [0.2, 0.25) is 0 Å². The van der Waals surface area contributed by atoms with E-state index in [2.05, 4.69) is 29.3 Å². The van der Waals surface area contributed by atoms with Crippen LogP contribution in [0.5, 0.6) is 0 Å². The molecular formula is C14H23FN4. The number of likely N-dealkylation sites (N-methyl/N-ethyl adjacent to an activating group) is 2. The van der Waals surface area contributed by atoms with Gasteiger partial charge in [0, 0.05) is 25.7 Å². The van der Waals surface area contributed by atoms with Gasteiger partial charge in [-0.05, 0) is 44.3 Å². The summed E-state index contributed by atoms with van der Waals surface area (Å²) in [6.07, 6.45) is 0. The standard InChI is InChI=1S/C14H23FN4/c1-10-6-11(8-12(15)7-10)14(17-16)13-9-18(2)4-5-19(13)3/h6-8,13-14,17H,4-5,9,16H2,1-3H3. The van der Waals surface area contributed by atoms with Crippen molar-refractivity contribution >= 4 is 0 Å². The summed E-state index contributed by atoms with van der Waals surface area (Å²) in [6.45, 7) is 4.86. The summed E-state index contributed by atoms with van der Waals surface area (Å²) in [5, 5.41) is 0. The molecular weight excluding hydrogens is 243 g/mol. The highest BCUT2D eigenvalue weighted by Crippen LogP contribution is 2.24. The van der Waals surface area contributed by atoms with Gasteiger partial charge in [-0.2, -0.15) is 0 Å². The Morgan fingerprint density at radius 3 is 2.68 bits per heavy atom. The second kappa shape index (κ2) is 5.96. The topological polar surface area (TPSA) is 44.5 Å². The van der Waals surface area contributed by atoms with Crippen molar-refractivity contribution in [3.63, 3.8) is 0 Å². The molecule has 4 nitrogen and oxygen atoms in total. The molecule has 0 amide bonds. The summed E-state index contributed by atoms with van der Waals surface area (Å²) in [6, 6.07) is 5.27. The van der Waals surface area contributed by atoms with E-state index in [9.17, 15) is 4.39 Å². The third-order valence-corrected chi connectivity index (χ3v) is 3.89. The van der Waals surface area contributed by atoms with Crippen LogP contribution in [0.3, 0.4) is 0 Å². The Kier molecular flexibility index (Phi) is 4.52. The normalized spacial score (nSPS) is 23.5. The fraction of sp³-hybridized carbons (Fsp3) is 0.571. The largest absolute Gasteiger partial charge is 0.303 e. The number of rotatable bonds is 3. The molecule has 0 aliphatic carbocycles. The van der Waals surface area contributed by atoms with Crippen LogP contribution in [0.25, 0.3) is 0 Å². The number of nitrogens with two attached hydrogens (primary N) is 1. The van der Waals surface area contributed by atoms with Crippen LogP contribution in [-0.4, -0.2) is 49.6 Å². The van der Waals surface area contributed by atoms with Crippen LogP contribution in [0.15, 0.2) is 18.2 Å². The quantitative estimate of drug-likeness (QED) is 0.630. The zero-order valence-corrected chi connectivity index (χ0v) is 11.9. The van der Waals surface area contributed by atoms with Crippen molar-refractivity contribution in [1.82, 2.24) is 15.2 Å². The van der Waals surface area contributed by atoms with E-state index in [1.165, 1.54) is 6.07 Å². The van der Waals surface area contributed by atoms with E-state index in [1.807, 2.05) is 13.0 Å². The van der Waals surface area contributed by atoms with E-state index in [0.29, 0.717) is 0 Å². The first-order valence-corrected chi connectivity index (χ1v) is 6.63. The molecule has 1 aliphatic rings. The lowest BCUT2D eigenvalue weighted by Gasteiger charge is -2.41. The second-order valence-electron chi connectivity index (χ2n) is 5.52. The molecule has 1 fully saturated rings. The molecule has 0 radical (unpaired) electrons. The molecule has 0 aromatic heterocycles. The summed E-state index contributed by atoms with van der Waals surface area (Å²) in [5.74, 6) is 5.52. The van der Waals surface area contributed by atoms with Crippen molar-refractivity contribution in [1.29, 1.82) is 0 Å². The van der Waals surface area contributed by atoms with Crippen LogP contribution in [0.1, 0.15) is 17.2 Å². The average molecular weight is 266 g/mol. The molecule has 5 heteroatoms. The molecule has 0 saturated carbocycles. The minimum Gasteiger partial charge on any atom is -0.303 e. The lowest BCUT2D eigenvalue weighted by atomic mass is 9.95. The monoisotopic (exact) mass is 266 g/mol. The van der Waals surface area contributed by atoms with Gasteiger partial charge >= 0.3 is 0 Å². The number of halogens is 1. The number of hydrogen-bond donors (Lipinski definition) is 2. The lowest BCUT2D eigenvalue weighted by molar-refractivity contribution is 0.0876. The van der Waals surface area contributed by atoms with Crippen molar-refractivity contribution in [2.45, 2.75) is 19.0 Å². The maximum absolute atomic E-state index is 13.6. The molecule has 0 spiro atoms. The summed E-state index contributed by atoms with van der Waals surface area (Å²) in [7, 11) is 4.19. The van der Waals surface area contributed by atoms with Crippen LogP contribution in [-0.2, 0) is 0 Å². The predicted molar refractivity (Wildman–Crippen MR) is 75.1 cm³/mol. The molecule has 1 aliphatic heterocycles. The Labute approximate surface area is 114 Å². The first-order valence-electron chi connectivity index (χ1n) is 6.63. The van der Waals surface area contributed by atoms with Crippen LogP contribution in [0, 0.1) is 12.7 Å². The van der Waals surface area contributed by atoms with Crippen molar-refractivity contribution in [2.24, 2.45) is 5.84 Å². The zero-order chi connectivity index (χ0) is 14.0. The number of nitrogens with zero attached hydrogens (tertiary/aromatic N) is 2. The van der Waals surface area contributed by atoms with E-state index in [-0.39, 0.29) is 17.9 Å². The van der Waals surface area contributed by atoms with Gasteiger partial charge in [-0.15, -0.1) is 0 Å². The number of nitrogens with one attached hydrogen (secondary N) is 1. The highest BCUT2D eigenvalue weighted by molar-refractivity contribution is 5.27. The van der Waals surface area contributed by atoms with E-state index in [0.717, 1.165) is 30.8 Å². The van der Waals surface area contributed by atoms with Crippen LogP contribution in [0.2, 0.25) is 0 Å². The SMILES string of the molecule is Cc1cc(F)cc(C(NN)C2CN(C)CCN2C)c1. The van der Waals surface area contributed by atoms with Crippen molar-refractivity contribution in [3.05, 3.63) is 35.1 Å². The molecule has 1 heterocycles. The van der Waals surface area contributed by atoms with E-state index >= 15 is 0 Å². The zero-order valence-electron chi connectivity index (χ0n) is 11.9. The van der Waals surface area contributed by atoms with Gasteiger partial charge in [-0.25, -0.2) is 4.39 Å². The average Bonchev–Trinajstić information content (AvgIpc) is 2.33. The summed E-state index contributed by atoms with van der Waals surface area (Å²) < 4.78 is 13.6. The molecule has 3 N–H and O–H groups in total. The Hall–Kier alpha value is -1.01. The Bertz CT molecular complexity index is 417. The molecule has 1 aromatic carbocycles. The van der Waals surface area contributed by atoms with Crippen molar-refractivity contribution < 1.29 is 4.39 Å². The van der Waals surface area contributed by atoms with E-state index in [4.69, 9.17) is 5.84 Å². The van der Waals surface area contributed by atoms with Gasteiger partial charge in [-0.3, -0.25) is 16.2 Å². The summed E-state index contributed by atoms with van der Waals surface area (Å²) in [5.41, 5.74) is 4.69. The summed E-state index contributed by atoms with van der Waals surface area (Å²) in [4.78, 5) is 4.56. The third kappa shape index (κ3) is 3.30. The van der Waals surface area contributed by atoms with Crippen LogP contribution < -0.4 is 11.3 Å². The number of piperazine rings is 1. The smallest absolute Gasteiger partial charge is 0.123 e. The number of aryl methyl sites for hydroxylation is 1. The lowest BCUT2D eigenvalue weighted by Crippen LogP contribution is -2.56. The Balaban J connectivity index is 2.27. The molecule has 19 heavy (non-hydrogen) atoms. The highest BCUT2D eigenvalue weighted by Gasteiger charge is 2.30. The third-order valence-electron chi connectivity index (χ3n) is 3.89. The molecule has 106 valence electrons. The minimum atomic E-state index is -0.206. The number of hydrazine groups is 1. The van der Waals surface area contributed by atoms with Crippen molar-refractivity contribution in [3.8, 4) is 0 Å². The maximum atomic E-state index is 13.6. The molecule has 2 rings (SSSR count). The van der Waals surface area contributed by atoms with E-state index < -0.39 is 0 Å². The van der Waals surface area contributed by atoms with Gasteiger partial charge in [0.15, 0.2) is 0 Å². The first kappa shape index (κ1) is 14.4. The Morgan fingerprint density at radius 2 is 2.05 bits per heavy atom. The van der Waals surface area contributed by atoms with Gasteiger partial charge in [0.05, 0.1) is 6.04 Å². The van der Waals surface area contributed by atoms with Crippen LogP contribution >= 0.6 is 0 Å². The molecule has 0 bridgehead atoms. The van der Waals surface area contributed by atoms with Crippen LogP contribution in [0.4, 0.5) is 4.39 Å².